The predicted octanol–water partition coefficient (Wildman–Crippen LogP) is 0.194. The molecule has 1 N–H and O–H groups in total. The molecule has 0 atom stereocenters. The van der Waals surface area contributed by atoms with Crippen LogP contribution in [-0.2, 0) is 6.54 Å². The number of rotatable bonds is 6. The van der Waals surface area contributed by atoms with Gasteiger partial charge in [0.05, 0.1) is 0 Å². The summed E-state index contributed by atoms with van der Waals surface area (Å²) in [5.74, 6) is 0.779. The summed E-state index contributed by atoms with van der Waals surface area (Å²) in [7, 11) is 8.04. The molecule has 0 aliphatic heterocycles. The number of nitrogens with one attached hydrogen (secondary N) is 1. The summed E-state index contributed by atoms with van der Waals surface area (Å²) in [6, 6.07) is 0. The maximum absolute atomic E-state index is 4.33. The number of nitrogens with zero attached hydrogens (tertiary/aromatic N) is 4. The van der Waals surface area contributed by atoms with Crippen molar-refractivity contribution < 1.29 is 0 Å². The van der Waals surface area contributed by atoms with Crippen molar-refractivity contribution in [3.63, 3.8) is 0 Å². The van der Waals surface area contributed by atoms with Crippen LogP contribution in [0, 0.1) is 0 Å². The Morgan fingerprint density at radius 3 is 2.25 bits per heavy atom. The third-order valence-electron chi connectivity index (χ3n) is 2.30. The van der Waals surface area contributed by atoms with Crippen molar-refractivity contribution in [2.24, 2.45) is 0 Å². The molecule has 0 spiro atoms. The minimum absolute atomic E-state index is 0.779. The zero-order valence-electron chi connectivity index (χ0n) is 10.6. The lowest BCUT2D eigenvalue weighted by Gasteiger charge is -2.19. The highest BCUT2D eigenvalue weighted by Crippen LogP contribution is 2.04. The van der Waals surface area contributed by atoms with Crippen LogP contribution >= 0.6 is 0 Å². The van der Waals surface area contributed by atoms with Crippen LogP contribution in [-0.4, -0.2) is 56.1 Å². The minimum Gasteiger partial charge on any atom is -0.343 e. The Balaban J connectivity index is 2.52. The van der Waals surface area contributed by atoms with E-state index in [0.717, 1.165) is 31.1 Å². The Labute approximate surface area is 97.5 Å². The van der Waals surface area contributed by atoms with Gasteiger partial charge >= 0.3 is 0 Å². The molecule has 0 unspecified atom stereocenters. The first-order chi connectivity index (χ1) is 7.63. The molecule has 0 aromatic carbocycles. The molecular weight excluding hydrogens is 202 g/mol. The number of hydrogen-bond donors (Lipinski definition) is 1. The monoisotopic (exact) mass is 223 g/mol. The number of hydrogen-bond acceptors (Lipinski definition) is 5. The Hall–Kier alpha value is -1.20. The Morgan fingerprint density at radius 1 is 1.12 bits per heavy atom. The van der Waals surface area contributed by atoms with E-state index in [1.807, 2.05) is 26.5 Å². The maximum Gasteiger partial charge on any atom is 0.225 e. The topological polar surface area (TPSA) is 44.3 Å². The van der Waals surface area contributed by atoms with Crippen LogP contribution in [0.4, 0.5) is 5.95 Å². The molecule has 1 heterocycles. The minimum atomic E-state index is 0.779. The average molecular weight is 223 g/mol. The molecule has 0 bridgehead atoms. The molecule has 1 rings (SSSR count). The molecule has 0 fully saturated rings. The van der Waals surface area contributed by atoms with E-state index >= 15 is 0 Å². The first-order valence-corrected chi connectivity index (χ1v) is 5.45. The Bertz CT molecular complexity index is 296. The van der Waals surface area contributed by atoms with E-state index in [1.165, 1.54) is 0 Å². The van der Waals surface area contributed by atoms with Crippen molar-refractivity contribution in [1.82, 2.24) is 20.2 Å². The smallest absolute Gasteiger partial charge is 0.225 e. The summed E-state index contributed by atoms with van der Waals surface area (Å²) in [5.41, 5.74) is 1.10. The van der Waals surface area contributed by atoms with E-state index in [0.29, 0.717) is 0 Å². The van der Waals surface area contributed by atoms with Crippen molar-refractivity contribution >= 4 is 5.95 Å². The molecule has 1 aromatic rings. The molecule has 0 aliphatic carbocycles. The van der Waals surface area contributed by atoms with Crippen molar-refractivity contribution in [2.75, 3.05) is 46.2 Å². The summed E-state index contributed by atoms with van der Waals surface area (Å²) < 4.78 is 0. The SMILES string of the molecule is CNCc1cnc(N(C)CCN(C)C)nc1. The van der Waals surface area contributed by atoms with Gasteiger partial charge in [-0.15, -0.1) is 0 Å². The third kappa shape index (κ3) is 4.12. The van der Waals surface area contributed by atoms with Gasteiger partial charge in [0.2, 0.25) is 5.95 Å². The van der Waals surface area contributed by atoms with Crippen molar-refractivity contribution in [3.8, 4) is 0 Å². The average Bonchev–Trinajstić information content (AvgIpc) is 2.27. The standard InChI is InChI=1S/C11H21N5/c1-12-7-10-8-13-11(14-9-10)16(4)6-5-15(2)3/h8-9,12H,5-7H2,1-4H3. The molecule has 90 valence electrons. The molecule has 0 saturated heterocycles. The van der Waals surface area contributed by atoms with Gasteiger partial charge in [0.1, 0.15) is 0 Å². The van der Waals surface area contributed by atoms with Crippen molar-refractivity contribution in [3.05, 3.63) is 18.0 Å². The second-order valence-corrected chi connectivity index (χ2v) is 4.15. The molecule has 5 heteroatoms. The quantitative estimate of drug-likeness (QED) is 0.746. The van der Waals surface area contributed by atoms with E-state index in [4.69, 9.17) is 0 Å². The number of anilines is 1. The highest BCUT2D eigenvalue weighted by molar-refractivity contribution is 5.28. The first-order valence-electron chi connectivity index (χ1n) is 5.45. The Morgan fingerprint density at radius 2 is 1.75 bits per heavy atom. The van der Waals surface area contributed by atoms with Crippen LogP contribution in [0.1, 0.15) is 5.56 Å². The molecule has 0 amide bonds. The lowest BCUT2D eigenvalue weighted by atomic mass is 10.3. The largest absolute Gasteiger partial charge is 0.343 e. The van der Waals surface area contributed by atoms with Crippen LogP contribution in [0.3, 0.4) is 0 Å². The van der Waals surface area contributed by atoms with Gasteiger partial charge in [0.25, 0.3) is 0 Å². The number of likely N-dealkylation sites (N-methyl/N-ethyl adjacent to an activating group) is 2. The van der Waals surface area contributed by atoms with Gasteiger partial charge in [0.15, 0.2) is 0 Å². The summed E-state index contributed by atoms with van der Waals surface area (Å²) in [4.78, 5) is 12.9. The molecule has 16 heavy (non-hydrogen) atoms. The molecule has 0 saturated carbocycles. The van der Waals surface area contributed by atoms with Gasteiger partial charge < -0.3 is 15.1 Å². The van der Waals surface area contributed by atoms with Crippen LogP contribution in [0.25, 0.3) is 0 Å². The van der Waals surface area contributed by atoms with Gasteiger partial charge in [0, 0.05) is 44.6 Å². The van der Waals surface area contributed by atoms with E-state index in [9.17, 15) is 0 Å². The van der Waals surface area contributed by atoms with Gasteiger partial charge in [-0.1, -0.05) is 0 Å². The maximum atomic E-state index is 4.33. The summed E-state index contributed by atoms with van der Waals surface area (Å²) >= 11 is 0. The zero-order chi connectivity index (χ0) is 12.0. The third-order valence-corrected chi connectivity index (χ3v) is 2.30. The Kier molecular flexibility index (Phi) is 5.14. The second-order valence-electron chi connectivity index (χ2n) is 4.15. The molecule has 1 aromatic heterocycles. The van der Waals surface area contributed by atoms with E-state index < -0.39 is 0 Å². The highest BCUT2D eigenvalue weighted by Gasteiger charge is 2.04. The van der Waals surface area contributed by atoms with E-state index in [2.05, 4.69) is 39.2 Å². The van der Waals surface area contributed by atoms with E-state index in [1.54, 1.807) is 0 Å². The lowest BCUT2D eigenvalue weighted by Crippen LogP contribution is -2.29. The predicted molar refractivity (Wildman–Crippen MR) is 66.6 cm³/mol. The fourth-order valence-electron chi connectivity index (χ4n) is 1.29. The van der Waals surface area contributed by atoms with Gasteiger partial charge in [-0.05, 0) is 21.1 Å². The van der Waals surface area contributed by atoms with Crippen LogP contribution in [0.15, 0.2) is 12.4 Å². The van der Waals surface area contributed by atoms with Crippen LogP contribution < -0.4 is 10.2 Å². The molecule has 0 aliphatic rings. The van der Waals surface area contributed by atoms with Gasteiger partial charge in [-0.3, -0.25) is 0 Å². The van der Waals surface area contributed by atoms with Crippen LogP contribution in [0.5, 0.6) is 0 Å². The molecule has 5 nitrogen and oxygen atoms in total. The number of aromatic nitrogens is 2. The summed E-state index contributed by atoms with van der Waals surface area (Å²) in [6.07, 6.45) is 3.73. The molecule has 0 radical (unpaired) electrons. The summed E-state index contributed by atoms with van der Waals surface area (Å²) in [6.45, 7) is 2.73. The highest BCUT2D eigenvalue weighted by atomic mass is 15.2. The fraction of sp³-hybridized carbons (Fsp3) is 0.636. The lowest BCUT2D eigenvalue weighted by molar-refractivity contribution is 0.415. The van der Waals surface area contributed by atoms with E-state index in [-0.39, 0.29) is 0 Å². The van der Waals surface area contributed by atoms with Crippen LogP contribution in [0.2, 0.25) is 0 Å². The van der Waals surface area contributed by atoms with Gasteiger partial charge in [-0.2, -0.15) is 0 Å². The van der Waals surface area contributed by atoms with Gasteiger partial charge in [-0.25, -0.2) is 9.97 Å². The zero-order valence-corrected chi connectivity index (χ0v) is 10.6. The second kappa shape index (κ2) is 6.40. The van der Waals surface area contributed by atoms with Crippen molar-refractivity contribution in [2.45, 2.75) is 6.54 Å². The van der Waals surface area contributed by atoms with Crippen molar-refractivity contribution in [1.29, 1.82) is 0 Å². The fourth-order valence-corrected chi connectivity index (χ4v) is 1.29. The first kappa shape index (κ1) is 12.9. The summed E-state index contributed by atoms with van der Waals surface area (Å²) in [5, 5.41) is 3.07. The normalized spacial score (nSPS) is 10.8. The molecular formula is C11H21N5.